The predicted molar refractivity (Wildman–Crippen MR) is 32.7 cm³/mol. The van der Waals surface area contributed by atoms with Crippen LogP contribution < -0.4 is 62.9 Å². The molecule has 0 aromatic carbocycles. The molecule has 0 spiro atoms. The summed E-state index contributed by atoms with van der Waals surface area (Å²) in [5.74, 6) is 0. The number of nitrogens with zero attached hydrogens (tertiary/aromatic N) is 1. The summed E-state index contributed by atoms with van der Waals surface area (Å²) in [6, 6.07) is -0.833. The van der Waals surface area contributed by atoms with Crippen LogP contribution >= 0.6 is 0 Å². The molecule has 4 N–H and O–H groups in total. The summed E-state index contributed by atoms with van der Waals surface area (Å²) in [6.07, 6.45) is 0. The fourth-order valence-corrected chi connectivity index (χ4v) is 0. The third-order valence-electron chi connectivity index (χ3n) is 0. The van der Waals surface area contributed by atoms with Crippen LogP contribution in [0.25, 0.3) is 0 Å². The number of hydrogen-bond acceptors (Lipinski definition) is 4. The number of nitrogens with two attached hydrogens (primary N) is 2. The topological polar surface area (TPSA) is 135 Å². The first kappa shape index (κ1) is 22.5. The van der Waals surface area contributed by atoms with Gasteiger partial charge >= 0.3 is 95.2 Å². The van der Waals surface area contributed by atoms with Crippen LogP contribution in [-0.4, -0.2) is 48.9 Å². The molecule has 0 saturated carbocycles. The van der Waals surface area contributed by atoms with Gasteiger partial charge in [0, 0.05) is 0 Å². The van der Waals surface area contributed by atoms with Gasteiger partial charge in [0.15, 0.2) is 0 Å². The largest absolute Gasteiger partial charge is 1.00 e. The van der Waals surface area contributed by atoms with Crippen LogP contribution in [-0.2, 0) is 0 Å². The molecule has 7 nitrogen and oxygen atoms in total. The average molecular weight is 203 g/mol. The molecule has 0 atom stereocenters. The third kappa shape index (κ3) is 351. The van der Waals surface area contributed by atoms with Crippen LogP contribution in [0, 0.1) is 15.3 Å². The van der Waals surface area contributed by atoms with Crippen LogP contribution in [0.1, 0.15) is 0 Å². The van der Waals surface area contributed by atoms with Crippen LogP contribution in [0.4, 0.5) is 4.79 Å². The number of primary amides is 2. The molecule has 0 fully saturated rings. The summed E-state index contributed by atoms with van der Waals surface area (Å²) in [4.78, 5) is 17.2. The van der Waals surface area contributed by atoms with Crippen molar-refractivity contribution in [2.45, 2.75) is 0 Å². The second kappa shape index (κ2) is 16.8. The number of urea groups is 1. The van der Waals surface area contributed by atoms with Gasteiger partial charge in [-0.2, -0.15) is 0 Å². The Morgan fingerprint density at radius 3 is 1.30 bits per heavy atom. The normalized spacial score (nSPS) is 4.80. The molecule has 2 amide bonds. The van der Waals surface area contributed by atoms with E-state index in [2.05, 4.69) is 11.5 Å². The maximum Gasteiger partial charge on any atom is 1.00 e. The van der Waals surface area contributed by atoms with E-state index in [-0.39, 0.29) is 89.1 Å². The average Bonchev–Trinajstić information content (AvgIpc) is 1.25. The number of hydrogen-bond donors (Lipinski definition) is 2. The molecule has 52 valence electrons. The van der Waals surface area contributed by atoms with E-state index in [1.165, 1.54) is 0 Å². The molecule has 9 heteroatoms. The van der Waals surface area contributed by atoms with Gasteiger partial charge in [0.25, 0.3) is 0 Å². The Balaban J connectivity index is -0.0000000300. The van der Waals surface area contributed by atoms with E-state index in [4.69, 9.17) is 20.1 Å². The predicted octanol–water partition coefficient (Wildman–Crippen LogP) is -5.13. The second-order valence-electron chi connectivity index (χ2n) is 0.626. The number of carbonyl (C=O) groups excluding carboxylic acids is 1. The van der Waals surface area contributed by atoms with Gasteiger partial charge in [0.05, 0.1) is 5.09 Å². The molecule has 0 aliphatic heterocycles. The Morgan fingerprint density at radius 2 is 1.30 bits per heavy atom. The molecule has 0 aromatic rings. The van der Waals surface area contributed by atoms with Gasteiger partial charge in [-0.1, -0.05) is 0 Å². The quantitative estimate of drug-likeness (QED) is 0.231. The van der Waals surface area contributed by atoms with E-state index < -0.39 is 11.1 Å². The Hall–Kier alpha value is 1.37. The van der Waals surface area contributed by atoms with Crippen molar-refractivity contribution in [3.05, 3.63) is 15.3 Å². The molecule has 0 aliphatic carbocycles. The minimum atomic E-state index is -1.75. The SMILES string of the molecule is NC(N)=O.O=[N+]([O-])[O-].[CaH2].[K+]. The minimum absolute atomic E-state index is 0. The van der Waals surface area contributed by atoms with Crippen LogP contribution in [0.2, 0.25) is 0 Å². The van der Waals surface area contributed by atoms with Gasteiger partial charge in [0.2, 0.25) is 0 Å². The molecule has 0 unspecified atom stereocenters. The van der Waals surface area contributed by atoms with Crippen molar-refractivity contribution in [2.24, 2.45) is 11.5 Å². The summed E-state index contributed by atoms with van der Waals surface area (Å²) < 4.78 is 0. The maximum atomic E-state index is 9.00. The zero-order valence-electron chi connectivity index (χ0n) is 4.73. The van der Waals surface area contributed by atoms with Crippen LogP contribution in [0.3, 0.4) is 0 Å². The monoisotopic (exact) mass is 203 g/mol. The Labute approximate surface area is 129 Å². The summed E-state index contributed by atoms with van der Waals surface area (Å²) in [7, 11) is 0. The van der Waals surface area contributed by atoms with Gasteiger partial charge in [0.1, 0.15) is 0 Å². The first-order valence-corrected chi connectivity index (χ1v) is 1.33. The zero-order chi connectivity index (χ0) is 7.15. The zero-order valence-corrected chi connectivity index (χ0v) is 7.86. The van der Waals surface area contributed by atoms with E-state index in [1.807, 2.05) is 0 Å². The first-order chi connectivity index (χ1) is 3.46. The van der Waals surface area contributed by atoms with Crippen molar-refractivity contribution in [1.82, 2.24) is 0 Å². The third-order valence-corrected chi connectivity index (χ3v) is 0. The second-order valence-corrected chi connectivity index (χ2v) is 0.626. The van der Waals surface area contributed by atoms with Crippen LogP contribution in [0.15, 0.2) is 0 Å². The molecule has 10 heavy (non-hydrogen) atoms. The molecular formula is CH6CaKN3O4. The Morgan fingerprint density at radius 1 is 1.30 bits per heavy atom. The standard InChI is InChI=1S/CH4N2O.Ca.K.NO3.2H/c2-1(3)4;;;2-1(3)4;;/h(H4,2,3,4);;;;;/q;;+1;-1;;. The maximum absolute atomic E-state index is 9.00. The summed E-state index contributed by atoms with van der Waals surface area (Å²) in [5, 5.41) is 14.8. The van der Waals surface area contributed by atoms with Gasteiger partial charge in [-0.25, -0.2) is 4.79 Å². The summed E-state index contributed by atoms with van der Waals surface area (Å²) in [5.41, 5.74) is 8.50. The van der Waals surface area contributed by atoms with Crippen LogP contribution in [0.5, 0.6) is 0 Å². The molecule has 0 heterocycles. The molecule has 0 aliphatic rings. The van der Waals surface area contributed by atoms with Crippen molar-refractivity contribution in [3.63, 3.8) is 0 Å². The van der Waals surface area contributed by atoms with Gasteiger partial charge in [-0.15, -0.1) is 0 Å². The van der Waals surface area contributed by atoms with E-state index in [1.54, 1.807) is 0 Å². The van der Waals surface area contributed by atoms with Gasteiger partial charge < -0.3 is 26.8 Å². The van der Waals surface area contributed by atoms with E-state index in [0.717, 1.165) is 0 Å². The number of rotatable bonds is 0. The fraction of sp³-hybridized carbons (Fsp3) is 0. The smallest absolute Gasteiger partial charge is 1.00 e. The number of carbonyl (C=O) groups is 1. The van der Waals surface area contributed by atoms with E-state index in [0.29, 0.717) is 0 Å². The minimum Gasteiger partial charge on any atom is 1.00 e. The summed E-state index contributed by atoms with van der Waals surface area (Å²) >= 11 is 0. The molecule has 0 radical (unpaired) electrons. The van der Waals surface area contributed by atoms with E-state index >= 15 is 0 Å². The van der Waals surface area contributed by atoms with Crippen molar-refractivity contribution >= 4 is 43.8 Å². The van der Waals surface area contributed by atoms with Crippen molar-refractivity contribution in [1.29, 1.82) is 0 Å². The first-order valence-electron chi connectivity index (χ1n) is 1.33. The fourth-order valence-electron chi connectivity index (χ4n) is 0. The Bertz CT molecular complexity index is 78.5. The summed E-state index contributed by atoms with van der Waals surface area (Å²) in [6.45, 7) is 0. The Kier molecular flexibility index (Phi) is 37.7. The molecule has 0 aromatic heterocycles. The molecular weight excluding hydrogens is 197 g/mol. The van der Waals surface area contributed by atoms with Gasteiger partial charge in [-0.05, 0) is 0 Å². The van der Waals surface area contributed by atoms with E-state index in [9.17, 15) is 0 Å². The number of amides is 2. The van der Waals surface area contributed by atoms with Crippen molar-refractivity contribution in [2.75, 3.05) is 0 Å². The molecule has 0 saturated heterocycles. The molecule has 0 bridgehead atoms. The van der Waals surface area contributed by atoms with Crippen molar-refractivity contribution < 1.29 is 61.3 Å². The van der Waals surface area contributed by atoms with Gasteiger partial charge in [-0.3, -0.25) is 0 Å². The molecule has 0 rings (SSSR count). The van der Waals surface area contributed by atoms with Crippen molar-refractivity contribution in [3.8, 4) is 0 Å².